The molecule has 0 unspecified atom stereocenters. The van der Waals surface area contributed by atoms with Gasteiger partial charge in [-0.1, -0.05) is 18.0 Å². The van der Waals surface area contributed by atoms with Crippen molar-refractivity contribution in [3.8, 4) is 0 Å². The lowest BCUT2D eigenvalue weighted by molar-refractivity contribution is 0.191. The quantitative estimate of drug-likeness (QED) is 0.894. The van der Waals surface area contributed by atoms with Crippen molar-refractivity contribution in [1.29, 1.82) is 0 Å². The van der Waals surface area contributed by atoms with E-state index in [1.54, 1.807) is 0 Å². The van der Waals surface area contributed by atoms with Gasteiger partial charge in [0.05, 0.1) is 6.54 Å². The molecule has 3 heterocycles. The van der Waals surface area contributed by atoms with E-state index in [0.717, 1.165) is 18.3 Å². The fourth-order valence-electron chi connectivity index (χ4n) is 4.40. The fourth-order valence-corrected chi connectivity index (χ4v) is 4.40. The van der Waals surface area contributed by atoms with Crippen LogP contribution >= 0.6 is 24.8 Å². The number of piperidine rings is 1. The van der Waals surface area contributed by atoms with E-state index < -0.39 is 0 Å². The molecular weight excluding hydrogens is 335 g/mol. The average Bonchev–Trinajstić information content (AvgIpc) is 3.22. The Hall–Kier alpha value is -0.360. The lowest BCUT2D eigenvalue weighted by atomic mass is 9.78. The predicted octanol–water partition coefficient (Wildman–Crippen LogP) is 3.15. The number of halogens is 2. The highest BCUT2D eigenvalue weighted by Gasteiger charge is 2.39. The van der Waals surface area contributed by atoms with Crippen LogP contribution in [0.3, 0.4) is 0 Å². The van der Waals surface area contributed by atoms with Crippen molar-refractivity contribution in [2.24, 2.45) is 5.41 Å². The first-order valence-corrected chi connectivity index (χ1v) is 8.59. The van der Waals surface area contributed by atoms with E-state index in [-0.39, 0.29) is 24.8 Å². The van der Waals surface area contributed by atoms with Crippen molar-refractivity contribution < 1.29 is 4.52 Å². The van der Waals surface area contributed by atoms with Crippen LogP contribution in [0.15, 0.2) is 4.52 Å². The topological polar surface area (TPSA) is 54.2 Å². The highest BCUT2D eigenvalue weighted by molar-refractivity contribution is 5.85. The van der Waals surface area contributed by atoms with E-state index in [4.69, 9.17) is 4.52 Å². The second-order valence-corrected chi connectivity index (χ2v) is 7.24. The zero-order valence-electron chi connectivity index (χ0n) is 13.6. The number of hydrogen-bond acceptors (Lipinski definition) is 5. The molecule has 3 aliphatic rings. The Morgan fingerprint density at radius 2 is 1.87 bits per heavy atom. The zero-order valence-corrected chi connectivity index (χ0v) is 15.3. The Bertz CT molecular complexity index is 484. The van der Waals surface area contributed by atoms with Crippen molar-refractivity contribution in [2.75, 3.05) is 26.2 Å². The summed E-state index contributed by atoms with van der Waals surface area (Å²) in [4.78, 5) is 7.18. The van der Waals surface area contributed by atoms with Gasteiger partial charge in [-0.25, -0.2) is 0 Å². The summed E-state index contributed by atoms with van der Waals surface area (Å²) in [5, 5.41) is 7.69. The van der Waals surface area contributed by atoms with E-state index in [1.165, 1.54) is 71.1 Å². The first kappa shape index (κ1) is 19.0. The van der Waals surface area contributed by atoms with Gasteiger partial charge >= 0.3 is 0 Å². The van der Waals surface area contributed by atoms with Gasteiger partial charge < -0.3 is 9.84 Å². The Labute approximate surface area is 150 Å². The van der Waals surface area contributed by atoms with Crippen LogP contribution in [0, 0.1) is 5.41 Å². The maximum absolute atomic E-state index is 5.50. The first-order chi connectivity index (χ1) is 10.3. The molecule has 1 aliphatic carbocycles. The SMILES string of the molecule is C1CCC(c2nc(CN3CCC4(CCNCC4)C3)no2)C1.Cl.Cl. The minimum absolute atomic E-state index is 0. The van der Waals surface area contributed by atoms with E-state index >= 15 is 0 Å². The monoisotopic (exact) mass is 362 g/mol. The first-order valence-electron chi connectivity index (χ1n) is 8.59. The third-order valence-corrected chi connectivity index (χ3v) is 5.73. The molecule has 0 atom stereocenters. The van der Waals surface area contributed by atoms with Gasteiger partial charge in [-0.15, -0.1) is 24.8 Å². The number of nitrogens with zero attached hydrogens (tertiary/aromatic N) is 3. The summed E-state index contributed by atoms with van der Waals surface area (Å²) in [5.74, 6) is 2.31. The molecule has 3 fully saturated rings. The average molecular weight is 363 g/mol. The van der Waals surface area contributed by atoms with Crippen LogP contribution in [-0.2, 0) is 6.54 Å². The molecule has 2 saturated heterocycles. The highest BCUT2D eigenvalue weighted by atomic mass is 35.5. The van der Waals surface area contributed by atoms with Crippen LogP contribution < -0.4 is 5.32 Å². The minimum Gasteiger partial charge on any atom is -0.339 e. The molecule has 0 bridgehead atoms. The number of nitrogens with one attached hydrogen (secondary N) is 1. The van der Waals surface area contributed by atoms with Gasteiger partial charge in [0.25, 0.3) is 0 Å². The second kappa shape index (κ2) is 8.15. The summed E-state index contributed by atoms with van der Waals surface area (Å²) < 4.78 is 5.50. The van der Waals surface area contributed by atoms with Crippen LogP contribution in [0.4, 0.5) is 0 Å². The molecule has 1 aromatic rings. The molecule has 0 amide bonds. The van der Waals surface area contributed by atoms with Crippen molar-refractivity contribution in [3.63, 3.8) is 0 Å². The van der Waals surface area contributed by atoms with E-state index in [0.29, 0.717) is 11.3 Å². The van der Waals surface area contributed by atoms with Gasteiger partial charge in [0, 0.05) is 12.5 Å². The summed E-state index contributed by atoms with van der Waals surface area (Å²) in [6.07, 6.45) is 9.05. The molecule has 0 aromatic carbocycles. The van der Waals surface area contributed by atoms with Crippen molar-refractivity contribution in [1.82, 2.24) is 20.4 Å². The van der Waals surface area contributed by atoms with Gasteiger partial charge in [0.2, 0.25) is 5.89 Å². The molecule has 7 heteroatoms. The molecule has 1 N–H and O–H groups in total. The lowest BCUT2D eigenvalue weighted by Gasteiger charge is -2.33. The fraction of sp³-hybridized carbons (Fsp3) is 0.875. The Balaban J connectivity index is 0.000000960. The third kappa shape index (κ3) is 4.19. The molecular formula is C16H28Cl2N4O. The van der Waals surface area contributed by atoms with Crippen molar-refractivity contribution in [3.05, 3.63) is 11.7 Å². The van der Waals surface area contributed by atoms with Crippen LogP contribution in [0.5, 0.6) is 0 Å². The predicted molar refractivity (Wildman–Crippen MR) is 94.4 cm³/mol. The molecule has 5 nitrogen and oxygen atoms in total. The van der Waals surface area contributed by atoms with Gasteiger partial charge in [-0.05, 0) is 57.2 Å². The molecule has 0 radical (unpaired) electrons. The molecule has 23 heavy (non-hydrogen) atoms. The summed E-state index contributed by atoms with van der Waals surface area (Å²) in [7, 11) is 0. The second-order valence-electron chi connectivity index (χ2n) is 7.24. The van der Waals surface area contributed by atoms with Crippen LogP contribution in [0.25, 0.3) is 0 Å². The Kier molecular flexibility index (Phi) is 6.72. The Morgan fingerprint density at radius 1 is 1.13 bits per heavy atom. The maximum Gasteiger partial charge on any atom is 0.229 e. The molecule has 1 spiro atoms. The standard InChI is InChI=1S/C16H26N4O.2ClH/c1-2-4-13(3-1)15-18-14(19-21-15)11-20-10-7-16(12-20)5-8-17-9-6-16;;/h13,17H,1-12H2;2*1H. The zero-order chi connectivity index (χ0) is 14.1. The van der Waals surface area contributed by atoms with Crippen LogP contribution in [0.2, 0.25) is 0 Å². The molecule has 4 rings (SSSR count). The molecule has 132 valence electrons. The number of likely N-dealkylation sites (tertiary alicyclic amines) is 1. The number of rotatable bonds is 3. The summed E-state index contributed by atoms with van der Waals surface area (Å²) >= 11 is 0. The third-order valence-electron chi connectivity index (χ3n) is 5.73. The van der Waals surface area contributed by atoms with E-state index in [9.17, 15) is 0 Å². The molecule has 2 aliphatic heterocycles. The van der Waals surface area contributed by atoms with Crippen molar-refractivity contribution in [2.45, 2.75) is 57.4 Å². The highest BCUT2D eigenvalue weighted by Crippen LogP contribution is 2.39. The minimum atomic E-state index is 0. The molecule has 1 saturated carbocycles. The normalized spacial score (nSPS) is 24.5. The van der Waals surface area contributed by atoms with Crippen LogP contribution in [-0.4, -0.2) is 41.2 Å². The smallest absolute Gasteiger partial charge is 0.229 e. The van der Waals surface area contributed by atoms with Gasteiger partial charge in [0.15, 0.2) is 5.82 Å². The van der Waals surface area contributed by atoms with Crippen LogP contribution in [0.1, 0.15) is 62.6 Å². The summed E-state index contributed by atoms with van der Waals surface area (Å²) in [5.41, 5.74) is 0.559. The summed E-state index contributed by atoms with van der Waals surface area (Å²) in [6.45, 7) is 5.63. The summed E-state index contributed by atoms with van der Waals surface area (Å²) in [6, 6.07) is 0. The van der Waals surface area contributed by atoms with Gasteiger partial charge in [-0.3, -0.25) is 4.90 Å². The number of hydrogen-bond donors (Lipinski definition) is 1. The van der Waals surface area contributed by atoms with E-state index in [1.807, 2.05) is 0 Å². The van der Waals surface area contributed by atoms with Gasteiger partial charge in [-0.2, -0.15) is 4.98 Å². The van der Waals surface area contributed by atoms with Crippen molar-refractivity contribution >= 4 is 24.8 Å². The number of aromatic nitrogens is 2. The maximum atomic E-state index is 5.50. The van der Waals surface area contributed by atoms with Gasteiger partial charge in [0.1, 0.15) is 0 Å². The largest absolute Gasteiger partial charge is 0.339 e. The Morgan fingerprint density at radius 3 is 2.61 bits per heavy atom. The lowest BCUT2D eigenvalue weighted by Crippen LogP contribution is -2.38. The van der Waals surface area contributed by atoms with E-state index in [2.05, 4.69) is 20.4 Å². The molecule has 1 aromatic heterocycles.